The Labute approximate surface area is 140 Å². The van der Waals surface area contributed by atoms with Gasteiger partial charge in [-0.25, -0.2) is 0 Å². The smallest absolute Gasteiger partial charge is 0.236 e. The van der Waals surface area contributed by atoms with Crippen LogP contribution in [0.1, 0.15) is 17.5 Å². The summed E-state index contributed by atoms with van der Waals surface area (Å²) in [5.41, 5.74) is 3.02. The molecule has 118 valence electrons. The summed E-state index contributed by atoms with van der Waals surface area (Å²) in [4.78, 5) is 26.0. The highest BCUT2D eigenvalue weighted by atomic mass is 35.5. The number of hydrogen-bond donors (Lipinski definition) is 1. The number of rotatable bonds is 4. The van der Waals surface area contributed by atoms with E-state index in [9.17, 15) is 9.59 Å². The zero-order valence-corrected chi connectivity index (χ0v) is 13.3. The van der Waals surface area contributed by atoms with Crippen molar-refractivity contribution in [2.75, 3.05) is 11.4 Å². The SMILES string of the molecule is O=C(CC(=O)N1CCc2ccccc21)NCc1ccc(Cl)cc1. The highest BCUT2D eigenvalue weighted by Gasteiger charge is 2.25. The Morgan fingerprint density at radius 1 is 1.09 bits per heavy atom. The molecule has 1 aliphatic rings. The Morgan fingerprint density at radius 2 is 1.83 bits per heavy atom. The first kappa shape index (κ1) is 15.6. The van der Waals surface area contributed by atoms with Gasteiger partial charge in [-0.05, 0) is 35.7 Å². The Morgan fingerprint density at radius 3 is 2.61 bits per heavy atom. The van der Waals surface area contributed by atoms with Gasteiger partial charge in [0.05, 0.1) is 0 Å². The van der Waals surface area contributed by atoms with Crippen molar-refractivity contribution in [1.82, 2.24) is 5.32 Å². The number of carbonyl (C=O) groups excluding carboxylic acids is 2. The van der Waals surface area contributed by atoms with Gasteiger partial charge in [0.15, 0.2) is 0 Å². The number of carbonyl (C=O) groups is 2. The molecule has 2 aromatic rings. The first-order chi connectivity index (χ1) is 11.1. The summed E-state index contributed by atoms with van der Waals surface area (Å²) in [6, 6.07) is 15.1. The van der Waals surface area contributed by atoms with Gasteiger partial charge in [0.25, 0.3) is 0 Å². The van der Waals surface area contributed by atoms with E-state index in [4.69, 9.17) is 11.6 Å². The number of benzene rings is 2. The van der Waals surface area contributed by atoms with Gasteiger partial charge in [-0.15, -0.1) is 0 Å². The number of nitrogens with zero attached hydrogens (tertiary/aromatic N) is 1. The molecule has 0 saturated heterocycles. The van der Waals surface area contributed by atoms with Gasteiger partial charge in [-0.2, -0.15) is 0 Å². The number of halogens is 1. The number of hydrogen-bond acceptors (Lipinski definition) is 2. The van der Waals surface area contributed by atoms with Gasteiger partial charge in [0.2, 0.25) is 11.8 Å². The minimum atomic E-state index is -0.269. The lowest BCUT2D eigenvalue weighted by atomic mass is 10.2. The maximum atomic E-state index is 12.3. The number of anilines is 1. The Bertz CT molecular complexity index is 728. The van der Waals surface area contributed by atoms with Gasteiger partial charge in [-0.1, -0.05) is 41.9 Å². The maximum absolute atomic E-state index is 12.3. The predicted molar refractivity (Wildman–Crippen MR) is 90.4 cm³/mol. The number of para-hydroxylation sites is 1. The van der Waals surface area contributed by atoms with Crippen LogP contribution in [0.2, 0.25) is 5.02 Å². The fraction of sp³-hybridized carbons (Fsp3) is 0.222. The van der Waals surface area contributed by atoms with Crippen molar-refractivity contribution in [3.05, 3.63) is 64.7 Å². The summed E-state index contributed by atoms with van der Waals surface area (Å²) >= 11 is 5.82. The van der Waals surface area contributed by atoms with Crippen LogP contribution >= 0.6 is 11.6 Å². The van der Waals surface area contributed by atoms with Gasteiger partial charge in [0, 0.05) is 23.8 Å². The van der Waals surface area contributed by atoms with E-state index in [1.54, 1.807) is 17.0 Å². The van der Waals surface area contributed by atoms with Gasteiger partial charge < -0.3 is 10.2 Å². The first-order valence-electron chi connectivity index (χ1n) is 7.53. The van der Waals surface area contributed by atoms with Crippen molar-refractivity contribution < 1.29 is 9.59 Å². The molecule has 4 nitrogen and oxygen atoms in total. The highest BCUT2D eigenvalue weighted by molar-refractivity contribution is 6.30. The topological polar surface area (TPSA) is 49.4 Å². The Kier molecular flexibility index (Phi) is 4.63. The second-order valence-electron chi connectivity index (χ2n) is 5.50. The highest BCUT2D eigenvalue weighted by Crippen LogP contribution is 2.27. The fourth-order valence-corrected chi connectivity index (χ4v) is 2.82. The molecule has 0 aromatic heterocycles. The van der Waals surface area contributed by atoms with E-state index < -0.39 is 0 Å². The lowest BCUT2D eigenvalue weighted by Gasteiger charge is -2.17. The molecule has 23 heavy (non-hydrogen) atoms. The molecule has 5 heteroatoms. The van der Waals surface area contributed by atoms with Crippen molar-refractivity contribution in [3.63, 3.8) is 0 Å². The van der Waals surface area contributed by atoms with Crippen molar-refractivity contribution >= 4 is 29.1 Å². The molecule has 1 aliphatic heterocycles. The van der Waals surface area contributed by atoms with E-state index in [1.165, 1.54) is 0 Å². The van der Waals surface area contributed by atoms with Crippen LogP contribution in [-0.4, -0.2) is 18.4 Å². The molecule has 0 saturated carbocycles. The predicted octanol–water partition coefficient (Wildman–Crippen LogP) is 2.94. The molecule has 0 fully saturated rings. The molecular weight excluding hydrogens is 312 g/mol. The fourth-order valence-electron chi connectivity index (χ4n) is 2.70. The van der Waals surface area contributed by atoms with Crippen molar-refractivity contribution in [3.8, 4) is 0 Å². The molecule has 0 atom stereocenters. The van der Waals surface area contributed by atoms with E-state index in [0.29, 0.717) is 18.1 Å². The van der Waals surface area contributed by atoms with Crippen LogP contribution < -0.4 is 10.2 Å². The summed E-state index contributed by atoms with van der Waals surface area (Å²) in [6.45, 7) is 1.03. The zero-order chi connectivity index (χ0) is 16.2. The summed E-state index contributed by atoms with van der Waals surface area (Å²) < 4.78 is 0. The van der Waals surface area contributed by atoms with E-state index in [1.807, 2.05) is 36.4 Å². The molecule has 0 spiro atoms. The third-order valence-corrected chi connectivity index (χ3v) is 4.15. The minimum absolute atomic E-state index is 0.137. The second kappa shape index (κ2) is 6.84. The molecule has 0 bridgehead atoms. The Hall–Kier alpha value is -2.33. The van der Waals surface area contributed by atoms with Crippen LogP contribution in [0, 0.1) is 0 Å². The third-order valence-electron chi connectivity index (χ3n) is 3.90. The van der Waals surface area contributed by atoms with E-state index in [0.717, 1.165) is 23.2 Å². The first-order valence-corrected chi connectivity index (χ1v) is 7.91. The molecule has 1 heterocycles. The molecular formula is C18H17ClN2O2. The van der Waals surface area contributed by atoms with E-state index in [-0.39, 0.29) is 18.2 Å². The number of amides is 2. The standard InChI is InChI=1S/C18H17ClN2O2/c19-15-7-5-13(6-8-15)12-20-17(22)11-18(23)21-10-9-14-3-1-2-4-16(14)21/h1-8H,9-12H2,(H,20,22). The van der Waals surface area contributed by atoms with Crippen LogP contribution in [0.4, 0.5) is 5.69 Å². The average Bonchev–Trinajstić information content (AvgIpc) is 2.98. The summed E-state index contributed by atoms with van der Waals surface area (Å²) in [6.07, 6.45) is 0.705. The van der Waals surface area contributed by atoms with Crippen molar-refractivity contribution in [1.29, 1.82) is 0 Å². The lowest BCUT2D eigenvalue weighted by Crippen LogP contribution is -2.34. The lowest BCUT2D eigenvalue weighted by molar-refractivity contribution is -0.128. The van der Waals surface area contributed by atoms with E-state index >= 15 is 0 Å². The van der Waals surface area contributed by atoms with Crippen LogP contribution in [-0.2, 0) is 22.6 Å². The third kappa shape index (κ3) is 3.71. The summed E-state index contributed by atoms with van der Waals surface area (Å²) in [5.74, 6) is -0.433. The molecule has 0 unspecified atom stereocenters. The minimum Gasteiger partial charge on any atom is -0.352 e. The molecule has 2 aromatic carbocycles. The van der Waals surface area contributed by atoms with Crippen LogP contribution in [0.5, 0.6) is 0 Å². The van der Waals surface area contributed by atoms with Gasteiger partial charge >= 0.3 is 0 Å². The average molecular weight is 329 g/mol. The normalized spacial score (nSPS) is 12.8. The molecule has 3 rings (SSSR count). The monoisotopic (exact) mass is 328 g/mol. The van der Waals surface area contributed by atoms with Gasteiger partial charge in [0.1, 0.15) is 6.42 Å². The van der Waals surface area contributed by atoms with Crippen molar-refractivity contribution in [2.24, 2.45) is 0 Å². The molecule has 0 aliphatic carbocycles. The zero-order valence-electron chi connectivity index (χ0n) is 12.6. The number of nitrogens with one attached hydrogen (secondary N) is 1. The number of fused-ring (bicyclic) bond motifs is 1. The van der Waals surface area contributed by atoms with Crippen LogP contribution in [0.25, 0.3) is 0 Å². The maximum Gasteiger partial charge on any atom is 0.236 e. The summed E-state index contributed by atoms with van der Waals surface area (Å²) in [5, 5.41) is 3.42. The second-order valence-corrected chi connectivity index (χ2v) is 5.94. The summed E-state index contributed by atoms with van der Waals surface area (Å²) in [7, 11) is 0. The van der Waals surface area contributed by atoms with Crippen LogP contribution in [0.15, 0.2) is 48.5 Å². The van der Waals surface area contributed by atoms with Crippen LogP contribution in [0.3, 0.4) is 0 Å². The Balaban J connectivity index is 1.54. The molecule has 1 N–H and O–H groups in total. The largest absolute Gasteiger partial charge is 0.352 e. The van der Waals surface area contributed by atoms with Gasteiger partial charge in [-0.3, -0.25) is 9.59 Å². The molecule has 2 amide bonds. The quantitative estimate of drug-likeness (QED) is 0.877. The van der Waals surface area contributed by atoms with Crippen molar-refractivity contribution in [2.45, 2.75) is 19.4 Å². The molecule has 0 radical (unpaired) electrons. The van der Waals surface area contributed by atoms with E-state index in [2.05, 4.69) is 5.32 Å².